The van der Waals surface area contributed by atoms with Crippen LogP contribution in [0.4, 0.5) is 0 Å². The van der Waals surface area contributed by atoms with Gasteiger partial charge in [0.15, 0.2) is 0 Å². The van der Waals surface area contributed by atoms with Crippen LogP contribution in [0.2, 0.25) is 0 Å². The summed E-state index contributed by atoms with van der Waals surface area (Å²) >= 11 is 1.40. The maximum Gasteiger partial charge on any atom is 0.273 e. The number of amides is 2. The smallest absolute Gasteiger partial charge is 0.273 e. The van der Waals surface area contributed by atoms with E-state index >= 15 is 0 Å². The zero-order valence-electron chi connectivity index (χ0n) is 16.8. The highest BCUT2D eigenvalue weighted by Crippen LogP contribution is 2.31. The van der Waals surface area contributed by atoms with Crippen molar-refractivity contribution in [2.24, 2.45) is 0 Å². The van der Waals surface area contributed by atoms with Gasteiger partial charge in [-0.3, -0.25) is 19.4 Å². The number of aromatic amines is 1. The number of H-pyrrole nitrogens is 1. The van der Waals surface area contributed by atoms with Gasteiger partial charge in [-0.25, -0.2) is 4.98 Å². The largest absolute Gasteiger partial charge is 0.332 e. The number of pyridine rings is 1. The lowest BCUT2D eigenvalue weighted by Gasteiger charge is -2.29. The van der Waals surface area contributed by atoms with Crippen molar-refractivity contribution in [3.63, 3.8) is 0 Å². The Balaban J connectivity index is 1.43. The Morgan fingerprint density at radius 1 is 1.13 bits per heavy atom. The number of likely N-dealkylation sites (tertiary alicyclic amines) is 1. The van der Waals surface area contributed by atoms with Crippen molar-refractivity contribution in [3.05, 3.63) is 79.9 Å². The Bertz CT molecular complexity index is 1180. The Morgan fingerprint density at radius 3 is 2.81 bits per heavy atom. The highest BCUT2D eigenvalue weighted by Gasteiger charge is 2.34. The molecule has 1 saturated heterocycles. The molecule has 5 rings (SSSR count). The van der Waals surface area contributed by atoms with Crippen molar-refractivity contribution in [2.75, 3.05) is 13.1 Å². The van der Waals surface area contributed by atoms with E-state index in [-0.39, 0.29) is 23.4 Å². The first-order valence-corrected chi connectivity index (χ1v) is 11.2. The van der Waals surface area contributed by atoms with E-state index in [1.807, 2.05) is 11.4 Å². The van der Waals surface area contributed by atoms with Crippen molar-refractivity contribution in [2.45, 2.75) is 31.8 Å². The fourth-order valence-electron chi connectivity index (χ4n) is 4.28. The molecule has 3 aromatic rings. The quantitative estimate of drug-likeness (QED) is 0.681. The van der Waals surface area contributed by atoms with E-state index in [1.54, 1.807) is 40.3 Å². The molecular weight excluding hydrogens is 414 g/mol. The Labute approximate surface area is 182 Å². The monoisotopic (exact) mass is 435 g/mol. The molecule has 3 aromatic heterocycles. The molecule has 1 N–H and O–H groups in total. The average molecular weight is 436 g/mol. The summed E-state index contributed by atoms with van der Waals surface area (Å²) in [5.74, 6) is 0.269. The van der Waals surface area contributed by atoms with E-state index in [0.29, 0.717) is 53.7 Å². The van der Waals surface area contributed by atoms with E-state index in [2.05, 4.69) is 9.97 Å². The number of nitrogens with zero attached hydrogens (tertiary/aromatic N) is 4. The number of rotatable bonds is 3. The summed E-state index contributed by atoms with van der Waals surface area (Å²) in [7, 11) is 0. The first-order valence-electron chi connectivity index (χ1n) is 10.3. The van der Waals surface area contributed by atoms with Gasteiger partial charge in [-0.05, 0) is 42.8 Å². The van der Waals surface area contributed by atoms with Gasteiger partial charge in [0.2, 0.25) is 0 Å². The highest BCUT2D eigenvalue weighted by atomic mass is 32.1. The molecular formula is C22H21N5O3S. The summed E-state index contributed by atoms with van der Waals surface area (Å²) in [4.78, 5) is 54.4. The number of hydrogen-bond acceptors (Lipinski definition) is 6. The van der Waals surface area contributed by atoms with Crippen LogP contribution in [0.3, 0.4) is 0 Å². The number of carbonyl (C=O) groups is 2. The lowest BCUT2D eigenvalue weighted by atomic mass is 10.1. The van der Waals surface area contributed by atoms with Crippen LogP contribution in [0, 0.1) is 0 Å². The highest BCUT2D eigenvalue weighted by molar-refractivity contribution is 7.12. The molecule has 0 radical (unpaired) electrons. The summed E-state index contributed by atoms with van der Waals surface area (Å²) in [6.45, 7) is 1.37. The van der Waals surface area contributed by atoms with Crippen LogP contribution < -0.4 is 5.56 Å². The Hall–Kier alpha value is -3.33. The maximum absolute atomic E-state index is 13.0. The summed E-state index contributed by atoms with van der Waals surface area (Å²) in [6.07, 6.45) is 3.61. The van der Waals surface area contributed by atoms with Crippen LogP contribution in [-0.2, 0) is 13.0 Å². The van der Waals surface area contributed by atoms with Crippen molar-refractivity contribution in [1.82, 2.24) is 24.8 Å². The Kier molecular flexibility index (Phi) is 5.11. The van der Waals surface area contributed by atoms with E-state index in [9.17, 15) is 14.4 Å². The summed E-state index contributed by atoms with van der Waals surface area (Å²) < 4.78 is 0. The van der Waals surface area contributed by atoms with Crippen LogP contribution in [0.5, 0.6) is 0 Å². The molecule has 1 fully saturated rings. The topological polar surface area (TPSA) is 99.3 Å². The first kappa shape index (κ1) is 19.6. The number of aromatic nitrogens is 3. The molecule has 5 heterocycles. The third-order valence-corrected chi connectivity index (χ3v) is 6.68. The minimum atomic E-state index is -0.309. The molecule has 158 valence electrons. The molecule has 0 aliphatic carbocycles. The van der Waals surface area contributed by atoms with E-state index in [0.717, 1.165) is 12.8 Å². The molecule has 2 aliphatic heterocycles. The van der Waals surface area contributed by atoms with Gasteiger partial charge in [-0.2, -0.15) is 0 Å². The minimum absolute atomic E-state index is 0.0443. The second kappa shape index (κ2) is 8.07. The van der Waals surface area contributed by atoms with Gasteiger partial charge in [0.1, 0.15) is 11.5 Å². The van der Waals surface area contributed by atoms with Crippen LogP contribution in [-0.4, -0.2) is 49.7 Å². The number of fused-ring (bicyclic) bond motifs is 1. The molecule has 2 amide bonds. The molecule has 0 spiro atoms. The van der Waals surface area contributed by atoms with E-state index in [4.69, 9.17) is 4.98 Å². The Morgan fingerprint density at radius 2 is 2.03 bits per heavy atom. The molecule has 0 bridgehead atoms. The fourth-order valence-corrected chi connectivity index (χ4v) is 4.97. The van der Waals surface area contributed by atoms with Crippen molar-refractivity contribution in [3.8, 4) is 0 Å². The zero-order chi connectivity index (χ0) is 21.4. The zero-order valence-corrected chi connectivity index (χ0v) is 17.6. The van der Waals surface area contributed by atoms with Crippen molar-refractivity contribution >= 4 is 23.2 Å². The van der Waals surface area contributed by atoms with Crippen molar-refractivity contribution < 1.29 is 9.59 Å². The SMILES string of the molecule is O=C(c1cccs1)N1CCc2c(nc([C@H]3CCCN3C(=O)c3ccccn3)[nH]c2=O)C1. The van der Waals surface area contributed by atoms with Crippen LogP contribution in [0.1, 0.15) is 56.1 Å². The summed E-state index contributed by atoms with van der Waals surface area (Å²) in [5, 5.41) is 1.87. The number of carbonyl (C=O) groups excluding carboxylic acids is 2. The predicted octanol–water partition coefficient (Wildman–Crippen LogP) is 2.40. The molecule has 0 aromatic carbocycles. The molecule has 31 heavy (non-hydrogen) atoms. The molecule has 2 aliphatic rings. The predicted molar refractivity (Wildman–Crippen MR) is 115 cm³/mol. The summed E-state index contributed by atoms with van der Waals surface area (Å²) in [5.41, 5.74) is 1.44. The standard InChI is InChI=1S/C22H21N5O3S/c28-20-14-8-11-26(22(30)18-7-4-12-31-18)13-16(14)24-19(25-20)17-6-3-10-27(17)21(29)15-5-1-2-9-23-15/h1-2,4-5,7,9,12,17H,3,6,8,10-11,13H2,(H,24,25,28)/t17-/m1/s1. The lowest BCUT2D eigenvalue weighted by Crippen LogP contribution is -2.40. The third kappa shape index (κ3) is 3.65. The van der Waals surface area contributed by atoms with Gasteiger partial charge < -0.3 is 14.8 Å². The second-order valence-electron chi connectivity index (χ2n) is 7.70. The second-order valence-corrected chi connectivity index (χ2v) is 8.65. The fraction of sp³-hybridized carbons (Fsp3) is 0.318. The lowest BCUT2D eigenvalue weighted by molar-refractivity contribution is 0.0723. The maximum atomic E-state index is 13.0. The van der Waals surface area contributed by atoms with Gasteiger partial charge in [0.05, 0.1) is 23.2 Å². The molecule has 1 atom stereocenters. The van der Waals surface area contributed by atoms with Gasteiger partial charge in [-0.15, -0.1) is 11.3 Å². The van der Waals surface area contributed by atoms with Gasteiger partial charge in [0.25, 0.3) is 17.4 Å². The van der Waals surface area contributed by atoms with Gasteiger partial charge in [-0.1, -0.05) is 12.1 Å². The molecule has 8 nitrogen and oxygen atoms in total. The van der Waals surface area contributed by atoms with E-state index in [1.165, 1.54) is 11.3 Å². The third-order valence-electron chi connectivity index (χ3n) is 5.82. The van der Waals surface area contributed by atoms with Crippen LogP contribution in [0.25, 0.3) is 0 Å². The molecule has 9 heteroatoms. The van der Waals surface area contributed by atoms with E-state index < -0.39 is 0 Å². The summed E-state index contributed by atoms with van der Waals surface area (Å²) in [6, 6.07) is 8.58. The van der Waals surface area contributed by atoms with Gasteiger partial charge in [0, 0.05) is 24.8 Å². The van der Waals surface area contributed by atoms with Crippen LogP contribution in [0.15, 0.2) is 46.7 Å². The average Bonchev–Trinajstić information content (AvgIpc) is 3.50. The normalized spacial score (nSPS) is 18.1. The van der Waals surface area contributed by atoms with Gasteiger partial charge >= 0.3 is 0 Å². The first-order chi connectivity index (χ1) is 15.1. The molecule has 0 saturated carbocycles. The molecule has 0 unspecified atom stereocenters. The minimum Gasteiger partial charge on any atom is -0.332 e. The number of hydrogen-bond donors (Lipinski definition) is 1. The van der Waals surface area contributed by atoms with Crippen molar-refractivity contribution in [1.29, 1.82) is 0 Å². The number of thiophene rings is 1. The number of nitrogens with one attached hydrogen (secondary N) is 1. The van der Waals surface area contributed by atoms with Crippen LogP contribution >= 0.6 is 11.3 Å².